The Labute approximate surface area is 194 Å². The molecule has 0 atom stereocenters. The van der Waals surface area contributed by atoms with Crippen LogP contribution in [0, 0.1) is 0 Å². The van der Waals surface area contributed by atoms with Gasteiger partial charge in [0, 0.05) is 21.8 Å². The molecule has 0 radical (unpaired) electrons. The fraction of sp³-hybridized carbons (Fsp3) is 0.0870. The van der Waals surface area contributed by atoms with Crippen LogP contribution in [0.3, 0.4) is 0 Å². The highest BCUT2D eigenvalue weighted by Gasteiger charge is 2.18. The molecule has 0 amide bonds. The summed E-state index contributed by atoms with van der Waals surface area (Å²) in [5, 5.41) is 10.2. The molecule has 0 unspecified atom stereocenters. The van der Waals surface area contributed by atoms with Gasteiger partial charge >= 0.3 is 0 Å². The first-order valence-corrected chi connectivity index (χ1v) is 11.1. The monoisotopic (exact) mass is 469 g/mol. The summed E-state index contributed by atoms with van der Waals surface area (Å²) < 4.78 is 7.18. The zero-order valence-electron chi connectivity index (χ0n) is 16.5. The van der Waals surface area contributed by atoms with Gasteiger partial charge < -0.3 is 4.74 Å². The maximum atomic E-state index is 12.7. The van der Waals surface area contributed by atoms with Crippen LogP contribution in [-0.2, 0) is 0 Å². The molecule has 4 aromatic rings. The number of carbonyl (C=O) groups is 1. The van der Waals surface area contributed by atoms with E-state index in [9.17, 15) is 4.79 Å². The fourth-order valence-electron chi connectivity index (χ4n) is 3.02. The summed E-state index contributed by atoms with van der Waals surface area (Å²) in [4.78, 5) is 12.7. The predicted molar refractivity (Wildman–Crippen MR) is 125 cm³/mol. The molecule has 0 aliphatic carbocycles. The average Bonchev–Trinajstić information content (AvgIpc) is 3.22. The van der Waals surface area contributed by atoms with Crippen LogP contribution in [0.4, 0.5) is 0 Å². The minimum Gasteiger partial charge on any atom is -0.497 e. The summed E-state index contributed by atoms with van der Waals surface area (Å²) in [7, 11) is 1.63. The van der Waals surface area contributed by atoms with Gasteiger partial charge in [0.1, 0.15) is 5.75 Å². The average molecular weight is 470 g/mol. The second kappa shape index (κ2) is 9.56. The van der Waals surface area contributed by atoms with Crippen molar-refractivity contribution in [1.82, 2.24) is 14.8 Å². The van der Waals surface area contributed by atoms with Crippen molar-refractivity contribution in [2.45, 2.75) is 5.16 Å². The maximum Gasteiger partial charge on any atom is 0.196 e. The number of ketones is 1. The first-order valence-electron chi connectivity index (χ1n) is 9.33. The second-order valence-corrected chi connectivity index (χ2v) is 8.33. The van der Waals surface area contributed by atoms with E-state index >= 15 is 0 Å². The minimum atomic E-state index is -0.111. The van der Waals surface area contributed by atoms with Crippen LogP contribution >= 0.6 is 35.0 Å². The molecule has 0 N–H and O–H groups in total. The van der Waals surface area contributed by atoms with Crippen molar-refractivity contribution >= 4 is 40.7 Å². The minimum absolute atomic E-state index is 0.111. The Balaban J connectivity index is 1.66. The summed E-state index contributed by atoms with van der Waals surface area (Å²) in [6.07, 6.45) is 0. The van der Waals surface area contributed by atoms with Crippen LogP contribution in [0.5, 0.6) is 5.75 Å². The van der Waals surface area contributed by atoms with Crippen LogP contribution in [-0.4, -0.2) is 33.4 Å². The number of aromatic nitrogens is 3. The number of Topliss-reactive ketones (excluding diaryl/α,β-unsaturated/α-hetero) is 1. The Kier molecular flexibility index (Phi) is 6.61. The highest BCUT2D eigenvalue weighted by atomic mass is 35.5. The predicted octanol–water partition coefficient (Wildman–Crippen LogP) is 6.22. The molecular formula is C23H17Cl2N3O2S. The molecule has 1 aromatic heterocycles. The molecule has 8 heteroatoms. The standard InChI is InChI=1S/C23H17Cl2N3O2S/c1-30-18-10-7-15(8-11-18)22-26-27-23(28(22)17-5-3-2-4-6-17)31-14-21(29)19-12-9-16(24)13-20(19)25/h2-13H,14H2,1H3. The van der Waals surface area contributed by atoms with Crippen molar-refractivity contribution < 1.29 is 9.53 Å². The highest BCUT2D eigenvalue weighted by molar-refractivity contribution is 7.99. The van der Waals surface area contributed by atoms with Gasteiger partial charge in [0.2, 0.25) is 0 Å². The lowest BCUT2D eigenvalue weighted by atomic mass is 10.1. The molecule has 0 spiro atoms. The lowest BCUT2D eigenvalue weighted by Gasteiger charge is -2.11. The SMILES string of the molecule is COc1ccc(-c2nnc(SCC(=O)c3ccc(Cl)cc3Cl)n2-c2ccccc2)cc1. The Bertz CT molecular complexity index is 1210. The van der Waals surface area contributed by atoms with Crippen molar-refractivity contribution in [2.24, 2.45) is 0 Å². The Morgan fingerprint density at radius 2 is 1.74 bits per heavy atom. The third-order valence-corrected chi connectivity index (χ3v) is 6.04. The molecule has 0 aliphatic rings. The highest BCUT2D eigenvalue weighted by Crippen LogP contribution is 2.30. The zero-order valence-corrected chi connectivity index (χ0v) is 18.8. The molecular weight excluding hydrogens is 453 g/mol. The van der Waals surface area contributed by atoms with E-state index in [2.05, 4.69) is 10.2 Å². The van der Waals surface area contributed by atoms with Crippen LogP contribution in [0.25, 0.3) is 17.1 Å². The lowest BCUT2D eigenvalue weighted by Crippen LogP contribution is -2.05. The number of para-hydroxylation sites is 1. The van der Waals surface area contributed by atoms with Gasteiger partial charge in [-0.15, -0.1) is 10.2 Å². The summed E-state index contributed by atoms with van der Waals surface area (Å²) in [6.45, 7) is 0. The maximum absolute atomic E-state index is 12.7. The number of benzene rings is 3. The first-order chi connectivity index (χ1) is 15.1. The van der Waals surface area contributed by atoms with E-state index < -0.39 is 0 Å². The normalized spacial score (nSPS) is 10.8. The molecule has 156 valence electrons. The molecule has 3 aromatic carbocycles. The lowest BCUT2D eigenvalue weighted by molar-refractivity contribution is 0.102. The molecule has 0 bridgehead atoms. The van der Waals surface area contributed by atoms with E-state index in [0.29, 0.717) is 26.6 Å². The van der Waals surface area contributed by atoms with Gasteiger partial charge in [0.15, 0.2) is 16.8 Å². The molecule has 5 nitrogen and oxygen atoms in total. The van der Waals surface area contributed by atoms with Crippen molar-refractivity contribution in [3.8, 4) is 22.8 Å². The molecule has 1 heterocycles. The van der Waals surface area contributed by atoms with Crippen LogP contribution in [0.2, 0.25) is 10.0 Å². The Morgan fingerprint density at radius 3 is 2.42 bits per heavy atom. The molecule has 0 saturated carbocycles. The van der Waals surface area contributed by atoms with E-state index in [0.717, 1.165) is 17.0 Å². The van der Waals surface area contributed by atoms with Crippen molar-refractivity contribution in [1.29, 1.82) is 0 Å². The number of ether oxygens (including phenoxy) is 1. The molecule has 4 rings (SSSR count). The zero-order chi connectivity index (χ0) is 21.8. The number of methoxy groups -OCH3 is 1. The van der Waals surface area contributed by atoms with Gasteiger partial charge in [-0.25, -0.2) is 0 Å². The number of hydrogen-bond donors (Lipinski definition) is 0. The van der Waals surface area contributed by atoms with Crippen molar-refractivity contribution in [3.63, 3.8) is 0 Å². The molecule has 0 fully saturated rings. The first kappa shape index (κ1) is 21.4. The van der Waals surface area contributed by atoms with Gasteiger partial charge in [0.05, 0.1) is 17.9 Å². The van der Waals surface area contributed by atoms with Crippen molar-refractivity contribution in [3.05, 3.63) is 88.4 Å². The number of thioether (sulfide) groups is 1. The Morgan fingerprint density at radius 1 is 1.00 bits per heavy atom. The topological polar surface area (TPSA) is 57.0 Å². The van der Waals surface area contributed by atoms with Gasteiger partial charge in [0.25, 0.3) is 0 Å². The van der Waals surface area contributed by atoms with Gasteiger partial charge in [-0.1, -0.05) is 53.2 Å². The van der Waals surface area contributed by atoms with Gasteiger partial charge in [-0.05, 0) is 54.6 Å². The third kappa shape index (κ3) is 4.77. The largest absolute Gasteiger partial charge is 0.497 e. The summed E-state index contributed by atoms with van der Waals surface area (Å²) in [6, 6.07) is 22.2. The fourth-order valence-corrected chi connectivity index (χ4v) is 4.37. The number of halogens is 2. The van der Waals surface area contributed by atoms with Gasteiger partial charge in [-0.3, -0.25) is 9.36 Å². The summed E-state index contributed by atoms with van der Waals surface area (Å²) in [5.41, 5.74) is 2.22. The summed E-state index contributed by atoms with van der Waals surface area (Å²) in [5.74, 6) is 1.48. The van der Waals surface area contributed by atoms with Crippen LogP contribution in [0.15, 0.2) is 78.0 Å². The van der Waals surface area contributed by atoms with Gasteiger partial charge in [-0.2, -0.15) is 0 Å². The Hall–Kier alpha value is -2.80. The van der Waals surface area contributed by atoms with E-state index in [1.165, 1.54) is 11.8 Å². The van der Waals surface area contributed by atoms with Crippen LogP contribution < -0.4 is 4.74 Å². The number of nitrogens with zero attached hydrogens (tertiary/aromatic N) is 3. The van der Waals surface area contributed by atoms with E-state index in [4.69, 9.17) is 27.9 Å². The molecule has 31 heavy (non-hydrogen) atoms. The van der Waals surface area contributed by atoms with Crippen molar-refractivity contribution in [2.75, 3.05) is 12.9 Å². The molecule has 0 aliphatic heterocycles. The van der Waals surface area contributed by atoms with E-state index in [1.807, 2.05) is 59.2 Å². The van der Waals surface area contributed by atoms with E-state index in [1.54, 1.807) is 25.3 Å². The van der Waals surface area contributed by atoms with E-state index in [-0.39, 0.29) is 11.5 Å². The number of carbonyl (C=O) groups excluding carboxylic acids is 1. The third-order valence-electron chi connectivity index (χ3n) is 4.56. The number of hydrogen-bond acceptors (Lipinski definition) is 5. The van der Waals surface area contributed by atoms with Crippen LogP contribution in [0.1, 0.15) is 10.4 Å². The summed E-state index contributed by atoms with van der Waals surface area (Å²) >= 11 is 13.4. The second-order valence-electron chi connectivity index (χ2n) is 6.54. The number of rotatable bonds is 7. The smallest absolute Gasteiger partial charge is 0.196 e. The molecule has 0 saturated heterocycles. The quantitative estimate of drug-likeness (QED) is 0.237.